The Balaban J connectivity index is 1.65. The number of carbonyl (C=O) groups excluding carboxylic acids is 1. The van der Waals surface area contributed by atoms with Gasteiger partial charge in [-0.2, -0.15) is 0 Å². The van der Waals surface area contributed by atoms with E-state index in [1.165, 1.54) is 12.8 Å². The van der Waals surface area contributed by atoms with Gasteiger partial charge < -0.3 is 10.0 Å². The third kappa shape index (κ3) is 1.90. The number of piperazine rings is 1. The topological polar surface area (TPSA) is 60.9 Å². The van der Waals surface area contributed by atoms with E-state index in [2.05, 4.69) is 11.8 Å². The van der Waals surface area contributed by atoms with Gasteiger partial charge in [0.1, 0.15) is 0 Å². The van der Waals surface area contributed by atoms with Gasteiger partial charge in [0.2, 0.25) is 5.91 Å². The first-order valence-corrected chi connectivity index (χ1v) is 6.85. The Kier molecular flexibility index (Phi) is 2.81. The maximum Gasteiger partial charge on any atom is 0.307 e. The number of hydrogen-bond acceptors (Lipinski definition) is 3. The number of hydrogen-bond donors (Lipinski definition) is 1. The van der Waals surface area contributed by atoms with Crippen LogP contribution in [-0.4, -0.2) is 58.5 Å². The molecule has 5 nitrogen and oxygen atoms in total. The molecule has 4 atom stereocenters. The Morgan fingerprint density at radius 2 is 2.00 bits per heavy atom. The van der Waals surface area contributed by atoms with Gasteiger partial charge in [-0.15, -0.1) is 0 Å². The zero-order chi connectivity index (χ0) is 12.9. The number of nitrogens with zero attached hydrogens (tertiary/aromatic N) is 2. The summed E-state index contributed by atoms with van der Waals surface area (Å²) in [6, 6.07) is 0.731. The highest BCUT2D eigenvalue weighted by molar-refractivity contribution is 5.89. The van der Waals surface area contributed by atoms with E-state index in [9.17, 15) is 9.59 Å². The Morgan fingerprint density at radius 3 is 2.67 bits per heavy atom. The van der Waals surface area contributed by atoms with Crippen LogP contribution in [0.15, 0.2) is 0 Å². The lowest BCUT2D eigenvalue weighted by molar-refractivity contribution is -0.144. The standard InChI is InChI=1S/C13H20N2O3/c1-8-6-14-4-2-3-9(14)7-15(8)12(16)10-5-11(10)13(17)18/h8-11H,2-7H2,1H3,(H,17,18)/t8?,9?,10-,11+/m1/s1. The van der Waals surface area contributed by atoms with Crippen molar-refractivity contribution in [1.82, 2.24) is 9.80 Å². The second-order valence-electron chi connectivity index (χ2n) is 5.92. The zero-order valence-corrected chi connectivity index (χ0v) is 10.7. The maximum atomic E-state index is 12.3. The Bertz CT molecular complexity index is 384. The summed E-state index contributed by atoms with van der Waals surface area (Å²) >= 11 is 0. The lowest BCUT2D eigenvalue weighted by atomic mass is 10.1. The molecule has 0 aromatic heterocycles. The van der Waals surface area contributed by atoms with Gasteiger partial charge in [0.25, 0.3) is 0 Å². The molecule has 0 bridgehead atoms. The summed E-state index contributed by atoms with van der Waals surface area (Å²) in [5.74, 6) is -1.42. The highest BCUT2D eigenvalue weighted by Gasteiger charge is 2.51. The van der Waals surface area contributed by atoms with E-state index >= 15 is 0 Å². The third-order valence-electron chi connectivity index (χ3n) is 4.65. The van der Waals surface area contributed by atoms with Gasteiger partial charge in [-0.1, -0.05) is 0 Å². The molecule has 2 heterocycles. The van der Waals surface area contributed by atoms with Crippen molar-refractivity contribution < 1.29 is 14.7 Å². The molecule has 1 N–H and O–H groups in total. The van der Waals surface area contributed by atoms with Crippen molar-refractivity contribution in [1.29, 1.82) is 0 Å². The SMILES string of the molecule is CC1CN2CCCC2CN1C(=O)[C@@H]1C[C@@H]1C(=O)O. The lowest BCUT2D eigenvalue weighted by Gasteiger charge is -2.42. The van der Waals surface area contributed by atoms with Gasteiger partial charge in [0, 0.05) is 25.2 Å². The van der Waals surface area contributed by atoms with Crippen LogP contribution < -0.4 is 0 Å². The van der Waals surface area contributed by atoms with Crippen LogP contribution in [-0.2, 0) is 9.59 Å². The summed E-state index contributed by atoms with van der Waals surface area (Å²) < 4.78 is 0. The molecule has 2 aliphatic heterocycles. The Hall–Kier alpha value is -1.10. The highest BCUT2D eigenvalue weighted by Crippen LogP contribution is 2.41. The molecule has 0 aromatic rings. The average Bonchev–Trinajstić information content (AvgIpc) is 3.01. The van der Waals surface area contributed by atoms with E-state index in [1.54, 1.807) is 0 Å². The second kappa shape index (κ2) is 4.23. The molecule has 2 unspecified atom stereocenters. The van der Waals surface area contributed by atoms with Crippen LogP contribution in [0.5, 0.6) is 0 Å². The maximum absolute atomic E-state index is 12.3. The van der Waals surface area contributed by atoms with Crippen molar-refractivity contribution in [3.63, 3.8) is 0 Å². The second-order valence-corrected chi connectivity index (χ2v) is 5.92. The molecule has 1 saturated carbocycles. The molecule has 3 aliphatic rings. The van der Waals surface area contributed by atoms with Crippen LogP contribution in [0.25, 0.3) is 0 Å². The molecule has 1 aliphatic carbocycles. The van der Waals surface area contributed by atoms with Crippen molar-refractivity contribution in [2.75, 3.05) is 19.6 Å². The van der Waals surface area contributed by atoms with Crippen molar-refractivity contribution in [3.05, 3.63) is 0 Å². The summed E-state index contributed by atoms with van der Waals surface area (Å²) in [5, 5.41) is 8.91. The fraction of sp³-hybridized carbons (Fsp3) is 0.846. The Labute approximate surface area is 107 Å². The monoisotopic (exact) mass is 252 g/mol. The van der Waals surface area contributed by atoms with Crippen molar-refractivity contribution in [3.8, 4) is 0 Å². The van der Waals surface area contributed by atoms with E-state index in [4.69, 9.17) is 5.11 Å². The summed E-state index contributed by atoms with van der Waals surface area (Å²) in [6.07, 6.45) is 2.93. The first-order valence-electron chi connectivity index (χ1n) is 6.85. The molecule has 18 heavy (non-hydrogen) atoms. The summed E-state index contributed by atoms with van der Waals surface area (Å²) in [5.41, 5.74) is 0. The van der Waals surface area contributed by atoms with E-state index in [0.717, 1.165) is 19.6 Å². The van der Waals surface area contributed by atoms with Gasteiger partial charge in [-0.05, 0) is 32.7 Å². The smallest absolute Gasteiger partial charge is 0.307 e. The van der Waals surface area contributed by atoms with E-state index < -0.39 is 11.9 Å². The summed E-state index contributed by atoms with van der Waals surface area (Å²) in [4.78, 5) is 27.6. The Morgan fingerprint density at radius 1 is 1.22 bits per heavy atom. The van der Waals surface area contributed by atoms with Gasteiger partial charge >= 0.3 is 5.97 Å². The first-order chi connectivity index (χ1) is 8.58. The fourth-order valence-electron chi connectivity index (χ4n) is 3.45. The molecule has 5 heteroatoms. The normalized spacial score (nSPS) is 39.5. The predicted molar refractivity (Wildman–Crippen MR) is 65.0 cm³/mol. The summed E-state index contributed by atoms with van der Waals surface area (Å²) in [7, 11) is 0. The lowest BCUT2D eigenvalue weighted by Crippen LogP contribution is -2.57. The molecule has 2 saturated heterocycles. The van der Waals surface area contributed by atoms with Crippen LogP contribution in [0.1, 0.15) is 26.2 Å². The molecule has 0 spiro atoms. The fourth-order valence-corrected chi connectivity index (χ4v) is 3.45. The van der Waals surface area contributed by atoms with Crippen molar-refractivity contribution in [2.45, 2.75) is 38.3 Å². The van der Waals surface area contributed by atoms with E-state index in [-0.39, 0.29) is 17.9 Å². The average molecular weight is 252 g/mol. The number of fused-ring (bicyclic) bond motifs is 1. The largest absolute Gasteiger partial charge is 0.481 e. The van der Waals surface area contributed by atoms with Gasteiger partial charge in [-0.25, -0.2) is 0 Å². The van der Waals surface area contributed by atoms with Crippen molar-refractivity contribution >= 4 is 11.9 Å². The molecular formula is C13H20N2O3. The van der Waals surface area contributed by atoms with E-state index in [1.807, 2.05) is 4.90 Å². The van der Waals surface area contributed by atoms with Crippen LogP contribution in [0.2, 0.25) is 0 Å². The molecule has 3 fully saturated rings. The van der Waals surface area contributed by atoms with Crippen LogP contribution in [0, 0.1) is 11.8 Å². The number of carbonyl (C=O) groups is 2. The number of carboxylic acid groups (broad SMARTS) is 1. The van der Waals surface area contributed by atoms with Crippen LogP contribution in [0.4, 0.5) is 0 Å². The molecule has 0 radical (unpaired) electrons. The number of amides is 1. The summed E-state index contributed by atoms with van der Waals surface area (Å²) in [6.45, 7) is 4.96. The number of rotatable bonds is 2. The minimum atomic E-state index is -0.819. The minimum Gasteiger partial charge on any atom is -0.481 e. The van der Waals surface area contributed by atoms with Gasteiger partial charge in [-0.3, -0.25) is 14.5 Å². The third-order valence-corrected chi connectivity index (χ3v) is 4.65. The van der Waals surface area contributed by atoms with Gasteiger partial charge in [0.15, 0.2) is 0 Å². The van der Waals surface area contributed by atoms with Crippen LogP contribution >= 0.6 is 0 Å². The van der Waals surface area contributed by atoms with Gasteiger partial charge in [0.05, 0.1) is 11.8 Å². The zero-order valence-electron chi connectivity index (χ0n) is 10.7. The number of carboxylic acids is 1. The van der Waals surface area contributed by atoms with Crippen molar-refractivity contribution in [2.24, 2.45) is 11.8 Å². The molecule has 1 amide bonds. The predicted octanol–water partition coefficient (Wildman–Crippen LogP) is 0.402. The number of aliphatic carboxylic acids is 1. The molecule has 3 rings (SSSR count). The molecule has 0 aromatic carbocycles. The molecular weight excluding hydrogens is 232 g/mol. The van der Waals surface area contributed by atoms with E-state index in [0.29, 0.717) is 12.5 Å². The highest BCUT2D eigenvalue weighted by atomic mass is 16.4. The molecule has 100 valence electrons. The quantitative estimate of drug-likeness (QED) is 0.773. The van der Waals surface area contributed by atoms with Crippen LogP contribution in [0.3, 0.4) is 0 Å². The minimum absolute atomic E-state index is 0.0708. The first kappa shape index (κ1) is 12.0.